The number of nitrogens with one attached hydrogen (secondary N) is 1. The highest BCUT2D eigenvalue weighted by atomic mass is 35.5. The molecule has 0 fully saturated rings. The Hall–Kier alpha value is -1.39. The molecule has 0 bridgehead atoms. The molecule has 4 nitrogen and oxygen atoms in total. The van der Waals surface area contributed by atoms with E-state index < -0.39 is 0 Å². The number of halogens is 1. The zero-order valence-electron chi connectivity index (χ0n) is 10.3. The summed E-state index contributed by atoms with van der Waals surface area (Å²) in [5.41, 5.74) is 0.827. The normalized spacial score (nSPS) is 12.6. The van der Waals surface area contributed by atoms with E-state index in [9.17, 15) is 4.79 Å². The van der Waals surface area contributed by atoms with E-state index in [0.717, 1.165) is 5.56 Å². The lowest BCUT2D eigenvalue weighted by atomic mass is 10.1. The Kier molecular flexibility index (Phi) is 6.39. The molecule has 0 aliphatic carbocycles. The Bertz CT molecular complexity index is 421. The van der Waals surface area contributed by atoms with Crippen LogP contribution in [0.15, 0.2) is 24.4 Å². The lowest BCUT2D eigenvalue weighted by Crippen LogP contribution is -2.26. The van der Waals surface area contributed by atoms with Crippen LogP contribution >= 0.6 is 11.6 Å². The molecule has 18 heavy (non-hydrogen) atoms. The van der Waals surface area contributed by atoms with Crippen molar-refractivity contribution in [1.82, 2.24) is 10.3 Å². The highest BCUT2D eigenvalue weighted by Crippen LogP contribution is 2.08. The molecule has 0 saturated heterocycles. The molecule has 2 N–H and O–H groups in total. The predicted octanol–water partition coefficient (Wildman–Crippen LogP) is 1.88. The van der Waals surface area contributed by atoms with Crippen LogP contribution in [0.3, 0.4) is 0 Å². The van der Waals surface area contributed by atoms with E-state index in [4.69, 9.17) is 16.7 Å². The van der Waals surface area contributed by atoms with E-state index in [0.29, 0.717) is 18.1 Å². The molecule has 0 saturated carbocycles. The minimum Gasteiger partial charge on any atom is -0.396 e. The van der Waals surface area contributed by atoms with E-state index in [1.54, 1.807) is 24.4 Å². The van der Waals surface area contributed by atoms with Crippen LogP contribution in [-0.2, 0) is 4.79 Å². The van der Waals surface area contributed by atoms with Gasteiger partial charge in [-0.25, -0.2) is 4.98 Å². The average Bonchev–Trinajstić information content (AvgIpc) is 2.34. The van der Waals surface area contributed by atoms with E-state index in [2.05, 4.69) is 10.3 Å². The maximum absolute atomic E-state index is 11.5. The topological polar surface area (TPSA) is 62.2 Å². The van der Waals surface area contributed by atoms with Crippen LogP contribution in [0.25, 0.3) is 6.08 Å². The summed E-state index contributed by atoms with van der Waals surface area (Å²) >= 11 is 5.73. The molecule has 1 heterocycles. The number of aromatic nitrogens is 1. The molecule has 1 rings (SSSR count). The monoisotopic (exact) mass is 268 g/mol. The Balaban J connectivity index is 2.40. The number of carbonyl (C=O) groups excluding carboxylic acids is 1. The van der Waals surface area contributed by atoms with Gasteiger partial charge in [0.1, 0.15) is 5.15 Å². The highest BCUT2D eigenvalue weighted by molar-refractivity contribution is 6.29. The van der Waals surface area contributed by atoms with Crippen LogP contribution in [0.1, 0.15) is 18.9 Å². The van der Waals surface area contributed by atoms with Gasteiger partial charge in [-0.15, -0.1) is 0 Å². The number of rotatable bonds is 6. The average molecular weight is 269 g/mol. The smallest absolute Gasteiger partial charge is 0.244 e. The molecule has 1 aromatic rings. The first-order chi connectivity index (χ1) is 8.61. The van der Waals surface area contributed by atoms with Gasteiger partial charge in [0, 0.05) is 25.4 Å². The molecule has 0 radical (unpaired) electrons. The largest absolute Gasteiger partial charge is 0.396 e. The second-order valence-electron chi connectivity index (χ2n) is 4.11. The summed E-state index contributed by atoms with van der Waals surface area (Å²) in [7, 11) is 0. The highest BCUT2D eigenvalue weighted by Gasteiger charge is 2.02. The number of amides is 1. The van der Waals surface area contributed by atoms with E-state index in [-0.39, 0.29) is 18.4 Å². The van der Waals surface area contributed by atoms with Gasteiger partial charge in [-0.3, -0.25) is 4.79 Å². The summed E-state index contributed by atoms with van der Waals surface area (Å²) < 4.78 is 0. The molecular formula is C13H17ClN2O2. The molecule has 0 spiro atoms. The van der Waals surface area contributed by atoms with Gasteiger partial charge in [0.15, 0.2) is 0 Å². The molecule has 1 unspecified atom stereocenters. The van der Waals surface area contributed by atoms with Crippen molar-refractivity contribution in [2.24, 2.45) is 5.92 Å². The molecule has 1 aromatic heterocycles. The van der Waals surface area contributed by atoms with Crippen molar-refractivity contribution in [2.75, 3.05) is 13.2 Å². The first kappa shape index (κ1) is 14.7. The second kappa shape index (κ2) is 7.84. The van der Waals surface area contributed by atoms with Crippen LogP contribution in [-0.4, -0.2) is 29.1 Å². The first-order valence-electron chi connectivity index (χ1n) is 5.80. The lowest BCUT2D eigenvalue weighted by molar-refractivity contribution is -0.116. The number of hydrogen-bond donors (Lipinski definition) is 2. The summed E-state index contributed by atoms with van der Waals surface area (Å²) in [6, 6.07) is 3.45. The van der Waals surface area contributed by atoms with Gasteiger partial charge < -0.3 is 10.4 Å². The fraction of sp³-hybridized carbons (Fsp3) is 0.385. The number of aliphatic hydroxyl groups excluding tert-OH is 1. The Morgan fingerprint density at radius 1 is 1.67 bits per heavy atom. The molecule has 0 aliphatic rings. The van der Waals surface area contributed by atoms with Crippen molar-refractivity contribution in [2.45, 2.75) is 13.3 Å². The van der Waals surface area contributed by atoms with E-state index >= 15 is 0 Å². The van der Waals surface area contributed by atoms with Gasteiger partial charge >= 0.3 is 0 Å². The third-order valence-corrected chi connectivity index (χ3v) is 2.63. The SMILES string of the molecule is CC(CCO)CNC(=O)/C=C/c1ccnc(Cl)c1. The van der Waals surface area contributed by atoms with Crippen molar-refractivity contribution in [3.8, 4) is 0 Å². The Morgan fingerprint density at radius 2 is 2.44 bits per heavy atom. The molecule has 98 valence electrons. The standard InChI is InChI=1S/C13H17ClN2O2/c1-10(5-7-17)9-16-13(18)3-2-11-4-6-15-12(14)8-11/h2-4,6,8,10,17H,5,7,9H2,1H3,(H,16,18)/b3-2+. The molecular weight excluding hydrogens is 252 g/mol. The van der Waals surface area contributed by atoms with Gasteiger partial charge in [-0.1, -0.05) is 18.5 Å². The molecule has 5 heteroatoms. The third kappa shape index (κ3) is 5.80. The Labute approximate surface area is 112 Å². The van der Waals surface area contributed by atoms with Crippen molar-refractivity contribution < 1.29 is 9.90 Å². The van der Waals surface area contributed by atoms with Crippen LogP contribution in [0.4, 0.5) is 0 Å². The van der Waals surface area contributed by atoms with Crippen molar-refractivity contribution >= 4 is 23.6 Å². The van der Waals surface area contributed by atoms with Gasteiger partial charge in [0.2, 0.25) is 5.91 Å². The van der Waals surface area contributed by atoms with E-state index in [1.165, 1.54) is 6.08 Å². The summed E-state index contributed by atoms with van der Waals surface area (Å²) in [5, 5.41) is 11.9. The van der Waals surface area contributed by atoms with Crippen molar-refractivity contribution in [1.29, 1.82) is 0 Å². The Morgan fingerprint density at radius 3 is 3.11 bits per heavy atom. The first-order valence-corrected chi connectivity index (χ1v) is 6.18. The maximum atomic E-state index is 11.5. The number of nitrogens with zero attached hydrogens (tertiary/aromatic N) is 1. The predicted molar refractivity (Wildman–Crippen MR) is 72.2 cm³/mol. The van der Waals surface area contributed by atoms with E-state index in [1.807, 2.05) is 6.92 Å². The molecule has 0 aliphatic heterocycles. The minimum atomic E-state index is -0.160. The van der Waals surface area contributed by atoms with Crippen LogP contribution < -0.4 is 5.32 Å². The minimum absolute atomic E-state index is 0.141. The maximum Gasteiger partial charge on any atom is 0.244 e. The molecule has 0 aromatic carbocycles. The summed E-state index contributed by atoms with van der Waals surface area (Å²) in [4.78, 5) is 15.4. The second-order valence-corrected chi connectivity index (χ2v) is 4.50. The van der Waals surface area contributed by atoms with Crippen LogP contribution in [0, 0.1) is 5.92 Å². The van der Waals surface area contributed by atoms with Crippen LogP contribution in [0.2, 0.25) is 5.15 Å². The molecule has 1 amide bonds. The van der Waals surface area contributed by atoms with Gasteiger partial charge in [0.05, 0.1) is 0 Å². The lowest BCUT2D eigenvalue weighted by Gasteiger charge is -2.09. The fourth-order valence-corrected chi connectivity index (χ4v) is 1.53. The zero-order valence-corrected chi connectivity index (χ0v) is 11.0. The molecule has 1 atom stereocenters. The van der Waals surface area contributed by atoms with Gasteiger partial charge in [-0.05, 0) is 36.1 Å². The van der Waals surface area contributed by atoms with Crippen LogP contribution in [0.5, 0.6) is 0 Å². The zero-order chi connectivity index (χ0) is 13.4. The van der Waals surface area contributed by atoms with Gasteiger partial charge in [-0.2, -0.15) is 0 Å². The summed E-state index contributed by atoms with van der Waals surface area (Å²) in [6.07, 6.45) is 5.41. The van der Waals surface area contributed by atoms with Gasteiger partial charge in [0.25, 0.3) is 0 Å². The summed E-state index contributed by atoms with van der Waals surface area (Å²) in [6.45, 7) is 2.67. The summed E-state index contributed by atoms with van der Waals surface area (Å²) in [5.74, 6) is 0.107. The fourth-order valence-electron chi connectivity index (χ4n) is 1.35. The van der Waals surface area contributed by atoms with Crippen molar-refractivity contribution in [3.63, 3.8) is 0 Å². The van der Waals surface area contributed by atoms with Crippen molar-refractivity contribution in [3.05, 3.63) is 35.1 Å². The number of pyridine rings is 1. The quantitative estimate of drug-likeness (QED) is 0.612. The third-order valence-electron chi connectivity index (χ3n) is 2.42. The number of hydrogen-bond acceptors (Lipinski definition) is 3. The number of aliphatic hydroxyl groups is 1. The number of carbonyl (C=O) groups is 1.